The van der Waals surface area contributed by atoms with Gasteiger partial charge in [0.05, 0.1) is 36.3 Å². The van der Waals surface area contributed by atoms with Crippen molar-refractivity contribution in [1.82, 2.24) is 9.97 Å². The first-order chi connectivity index (χ1) is 25.7. The minimum atomic E-state index is 0.793. The number of hydrogen-bond donors (Lipinski definition) is 0. The van der Waals surface area contributed by atoms with Crippen molar-refractivity contribution in [3.63, 3.8) is 0 Å². The van der Waals surface area contributed by atoms with Crippen LogP contribution in [-0.4, -0.2) is 24.2 Å². The molecule has 2 aromatic heterocycles. The molecular formula is C48H32N2O2. The fraction of sp³-hybridized carbons (Fsp3) is 0.0417. The lowest BCUT2D eigenvalue weighted by Crippen LogP contribution is -1.95. The first kappa shape index (κ1) is 30.1. The number of ether oxygens (including phenoxy) is 2. The second-order valence-electron chi connectivity index (χ2n) is 13.2. The Hall–Kier alpha value is -6.78. The monoisotopic (exact) mass is 668 g/mol. The van der Waals surface area contributed by atoms with E-state index in [4.69, 9.17) is 19.4 Å². The number of para-hydroxylation sites is 4. The lowest BCUT2D eigenvalue weighted by molar-refractivity contribution is 0.411. The fourth-order valence-corrected chi connectivity index (χ4v) is 8.09. The topological polar surface area (TPSA) is 44.2 Å². The van der Waals surface area contributed by atoms with Crippen LogP contribution in [0.15, 0.2) is 158 Å². The molecule has 0 bridgehead atoms. The number of rotatable bonds is 5. The summed E-state index contributed by atoms with van der Waals surface area (Å²) in [7, 11) is 3.48. The molecule has 0 saturated carbocycles. The van der Waals surface area contributed by atoms with Crippen LogP contribution in [0.1, 0.15) is 0 Å². The Morgan fingerprint density at radius 2 is 0.673 bits per heavy atom. The Morgan fingerprint density at radius 1 is 0.327 bits per heavy atom. The van der Waals surface area contributed by atoms with Gasteiger partial charge in [-0.2, -0.15) is 0 Å². The molecule has 4 heteroatoms. The average Bonchev–Trinajstić information content (AvgIpc) is 3.20. The van der Waals surface area contributed by atoms with E-state index in [-0.39, 0.29) is 0 Å². The normalized spacial score (nSPS) is 11.7. The van der Waals surface area contributed by atoms with Crippen LogP contribution in [0.25, 0.3) is 98.5 Å². The minimum absolute atomic E-state index is 0.793. The maximum absolute atomic E-state index is 6.11. The molecule has 0 atom stereocenters. The summed E-state index contributed by atoms with van der Waals surface area (Å²) in [6, 6.07) is 55.6. The van der Waals surface area contributed by atoms with E-state index in [0.717, 1.165) is 98.9 Å². The van der Waals surface area contributed by atoms with Gasteiger partial charge >= 0.3 is 0 Å². The molecule has 0 spiro atoms. The second-order valence-corrected chi connectivity index (χ2v) is 13.2. The van der Waals surface area contributed by atoms with Crippen molar-refractivity contribution >= 4 is 65.2 Å². The van der Waals surface area contributed by atoms with Gasteiger partial charge in [0.2, 0.25) is 0 Å². The molecule has 8 aromatic carbocycles. The van der Waals surface area contributed by atoms with Crippen molar-refractivity contribution in [1.29, 1.82) is 0 Å². The Kier molecular flexibility index (Phi) is 6.90. The predicted octanol–water partition coefficient (Wildman–Crippen LogP) is 12.4. The molecule has 0 unspecified atom stereocenters. The zero-order valence-electron chi connectivity index (χ0n) is 28.7. The standard InChI is InChI=1S/C48H32N2O2/c1-51-43-25-21-29-27-31(45-35-11-3-7-15-39(35)49-40-16-8-4-12-36(40)45)19-23-33(29)47(43)48-34-24-20-32(28-30(34)22-26-44(48)52-2)46-37-13-5-9-17-41(37)50-42-18-10-6-14-38(42)46/h3-28H,1-2H3. The molecule has 2 heterocycles. The summed E-state index contributed by atoms with van der Waals surface area (Å²) >= 11 is 0. The van der Waals surface area contributed by atoms with E-state index in [1.807, 2.05) is 0 Å². The predicted molar refractivity (Wildman–Crippen MR) is 216 cm³/mol. The number of methoxy groups -OCH3 is 2. The molecule has 52 heavy (non-hydrogen) atoms. The molecule has 0 fully saturated rings. The van der Waals surface area contributed by atoms with Gasteiger partial charge in [-0.15, -0.1) is 0 Å². The molecule has 0 radical (unpaired) electrons. The van der Waals surface area contributed by atoms with Gasteiger partial charge in [-0.05, 0) is 81.2 Å². The van der Waals surface area contributed by atoms with Gasteiger partial charge in [0.25, 0.3) is 0 Å². The van der Waals surface area contributed by atoms with Gasteiger partial charge in [0, 0.05) is 43.8 Å². The number of hydrogen-bond acceptors (Lipinski definition) is 4. The largest absolute Gasteiger partial charge is 0.496 e. The van der Waals surface area contributed by atoms with E-state index in [0.29, 0.717) is 0 Å². The van der Waals surface area contributed by atoms with Crippen LogP contribution in [0.4, 0.5) is 0 Å². The third-order valence-electron chi connectivity index (χ3n) is 10.4. The zero-order chi connectivity index (χ0) is 34.8. The van der Waals surface area contributed by atoms with Crippen molar-refractivity contribution in [3.8, 4) is 44.9 Å². The van der Waals surface area contributed by atoms with Crippen LogP contribution in [0.5, 0.6) is 11.5 Å². The summed E-state index contributed by atoms with van der Waals surface area (Å²) in [6.45, 7) is 0. The summed E-state index contributed by atoms with van der Waals surface area (Å²) in [5, 5.41) is 8.95. The van der Waals surface area contributed by atoms with Crippen LogP contribution in [0.2, 0.25) is 0 Å². The van der Waals surface area contributed by atoms with Crippen LogP contribution in [0, 0.1) is 0 Å². The zero-order valence-corrected chi connectivity index (χ0v) is 28.7. The van der Waals surface area contributed by atoms with E-state index in [2.05, 4.69) is 158 Å². The van der Waals surface area contributed by atoms with Crippen molar-refractivity contribution in [3.05, 3.63) is 158 Å². The first-order valence-electron chi connectivity index (χ1n) is 17.5. The maximum atomic E-state index is 6.11. The highest BCUT2D eigenvalue weighted by Crippen LogP contribution is 2.47. The summed E-state index contributed by atoms with van der Waals surface area (Å²) in [5.41, 5.74) is 10.6. The summed E-state index contributed by atoms with van der Waals surface area (Å²) in [5.74, 6) is 1.59. The molecule has 0 aliphatic heterocycles. The number of benzene rings is 8. The fourth-order valence-electron chi connectivity index (χ4n) is 8.09. The molecular weight excluding hydrogens is 637 g/mol. The quantitative estimate of drug-likeness (QED) is 0.171. The van der Waals surface area contributed by atoms with Gasteiger partial charge in [0.1, 0.15) is 11.5 Å². The van der Waals surface area contributed by atoms with E-state index in [1.165, 1.54) is 11.1 Å². The molecule has 0 aliphatic rings. The highest BCUT2D eigenvalue weighted by atomic mass is 16.5. The number of aromatic nitrogens is 2. The van der Waals surface area contributed by atoms with Crippen molar-refractivity contribution in [2.24, 2.45) is 0 Å². The van der Waals surface area contributed by atoms with Gasteiger partial charge in [-0.3, -0.25) is 0 Å². The Morgan fingerprint density at radius 3 is 1.02 bits per heavy atom. The highest BCUT2D eigenvalue weighted by molar-refractivity contribution is 6.15. The molecule has 0 amide bonds. The summed E-state index contributed by atoms with van der Waals surface area (Å²) in [4.78, 5) is 9.94. The summed E-state index contributed by atoms with van der Waals surface area (Å²) < 4.78 is 12.2. The number of nitrogens with zero attached hydrogens (tertiary/aromatic N) is 2. The van der Waals surface area contributed by atoms with Crippen LogP contribution in [-0.2, 0) is 0 Å². The lowest BCUT2D eigenvalue weighted by atomic mass is 9.88. The molecule has 10 aromatic rings. The molecule has 246 valence electrons. The molecule has 0 aliphatic carbocycles. The van der Waals surface area contributed by atoms with Crippen LogP contribution >= 0.6 is 0 Å². The van der Waals surface area contributed by atoms with Crippen molar-refractivity contribution in [2.75, 3.05) is 14.2 Å². The third-order valence-corrected chi connectivity index (χ3v) is 10.4. The molecule has 4 nitrogen and oxygen atoms in total. The van der Waals surface area contributed by atoms with Gasteiger partial charge in [-0.25, -0.2) is 9.97 Å². The first-order valence-corrected chi connectivity index (χ1v) is 17.5. The minimum Gasteiger partial charge on any atom is -0.496 e. The molecule has 0 saturated heterocycles. The number of fused-ring (bicyclic) bond motifs is 6. The van der Waals surface area contributed by atoms with Gasteiger partial charge in [0.15, 0.2) is 0 Å². The van der Waals surface area contributed by atoms with E-state index in [1.54, 1.807) is 14.2 Å². The van der Waals surface area contributed by atoms with E-state index in [9.17, 15) is 0 Å². The lowest BCUT2D eigenvalue weighted by Gasteiger charge is -2.19. The second kappa shape index (κ2) is 11.9. The Labute approximate surface area is 300 Å². The molecule has 10 rings (SSSR count). The van der Waals surface area contributed by atoms with Gasteiger partial charge in [-0.1, -0.05) is 109 Å². The summed E-state index contributed by atoms with van der Waals surface area (Å²) in [6.07, 6.45) is 0. The molecule has 0 N–H and O–H groups in total. The number of pyridine rings is 2. The van der Waals surface area contributed by atoms with Crippen molar-refractivity contribution in [2.45, 2.75) is 0 Å². The van der Waals surface area contributed by atoms with E-state index < -0.39 is 0 Å². The average molecular weight is 669 g/mol. The van der Waals surface area contributed by atoms with Crippen LogP contribution in [0.3, 0.4) is 0 Å². The Bertz CT molecular complexity index is 2740. The smallest absolute Gasteiger partial charge is 0.127 e. The highest BCUT2D eigenvalue weighted by Gasteiger charge is 2.21. The SMILES string of the molecule is COc1ccc2cc(-c3c4ccccc4nc4ccccc34)ccc2c1-c1c(OC)ccc2cc(-c3c4ccccc4nc4ccccc34)ccc12. The Balaban J connectivity index is 1.21. The van der Waals surface area contributed by atoms with Crippen LogP contribution < -0.4 is 9.47 Å². The maximum Gasteiger partial charge on any atom is 0.127 e. The van der Waals surface area contributed by atoms with E-state index >= 15 is 0 Å². The third kappa shape index (κ3) is 4.61. The van der Waals surface area contributed by atoms with Crippen molar-refractivity contribution < 1.29 is 9.47 Å². The van der Waals surface area contributed by atoms with Gasteiger partial charge < -0.3 is 9.47 Å².